The second kappa shape index (κ2) is 5.29. The molecule has 102 valence electrons. The monoisotopic (exact) mass is 281 g/mol. The molecule has 0 aliphatic rings. The van der Waals surface area contributed by atoms with Crippen molar-refractivity contribution in [2.45, 2.75) is 26.8 Å². The lowest BCUT2D eigenvalue weighted by Gasteiger charge is -2.17. The van der Waals surface area contributed by atoms with Crippen LogP contribution in [-0.4, -0.2) is 0 Å². The summed E-state index contributed by atoms with van der Waals surface area (Å²) in [5.74, 6) is 0. The molecule has 0 radical (unpaired) electrons. The first kappa shape index (κ1) is 13.2. The molecule has 1 unspecified atom stereocenters. The van der Waals surface area contributed by atoms with Gasteiger partial charge in [0, 0.05) is 16.4 Å². The van der Waals surface area contributed by atoms with Crippen LogP contribution in [0, 0.1) is 13.8 Å². The quantitative estimate of drug-likeness (QED) is 0.650. The minimum absolute atomic E-state index is 0.311. The number of benzene rings is 2. The van der Waals surface area contributed by atoms with Crippen LogP contribution in [-0.2, 0) is 0 Å². The van der Waals surface area contributed by atoms with Crippen molar-refractivity contribution in [3.63, 3.8) is 0 Å². The molecule has 1 aromatic heterocycles. The zero-order chi connectivity index (χ0) is 14.1. The molecular formula is C18H19NS. The van der Waals surface area contributed by atoms with Gasteiger partial charge < -0.3 is 5.32 Å². The highest BCUT2D eigenvalue weighted by Crippen LogP contribution is 2.27. The van der Waals surface area contributed by atoms with Crippen LogP contribution in [0.5, 0.6) is 0 Å². The van der Waals surface area contributed by atoms with Crippen LogP contribution in [0.1, 0.15) is 29.7 Å². The summed E-state index contributed by atoms with van der Waals surface area (Å²) in [6.07, 6.45) is 0. The molecule has 0 saturated heterocycles. The second-order valence-corrected chi connectivity index (χ2v) is 6.33. The molecule has 20 heavy (non-hydrogen) atoms. The van der Waals surface area contributed by atoms with E-state index in [0.717, 1.165) is 0 Å². The zero-order valence-corrected chi connectivity index (χ0v) is 12.9. The van der Waals surface area contributed by atoms with E-state index in [1.54, 1.807) is 11.3 Å². The van der Waals surface area contributed by atoms with Gasteiger partial charge in [-0.1, -0.05) is 18.2 Å². The third kappa shape index (κ3) is 2.56. The summed E-state index contributed by atoms with van der Waals surface area (Å²) in [6.45, 7) is 6.53. The van der Waals surface area contributed by atoms with Gasteiger partial charge in [-0.25, -0.2) is 0 Å². The minimum atomic E-state index is 0.311. The summed E-state index contributed by atoms with van der Waals surface area (Å²) in [5.41, 5.74) is 5.21. The molecule has 1 N–H and O–H groups in total. The van der Waals surface area contributed by atoms with Gasteiger partial charge >= 0.3 is 0 Å². The van der Waals surface area contributed by atoms with Gasteiger partial charge in [-0.05, 0) is 72.5 Å². The van der Waals surface area contributed by atoms with E-state index in [0.29, 0.717) is 6.04 Å². The highest BCUT2D eigenvalue weighted by atomic mass is 32.1. The maximum atomic E-state index is 3.59. The Balaban J connectivity index is 1.83. The van der Waals surface area contributed by atoms with Crippen LogP contribution >= 0.6 is 11.3 Å². The molecule has 0 fully saturated rings. The molecule has 2 aromatic carbocycles. The molecule has 1 nitrogen and oxygen atoms in total. The first-order valence-electron chi connectivity index (χ1n) is 6.94. The average molecular weight is 281 g/mol. The van der Waals surface area contributed by atoms with Crippen LogP contribution < -0.4 is 5.32 Å². The molecule has 0 spiro atoms. The van der Waals surface area contributed by atoms with Crippen molar-refractivity contribution in [1.29, 1.82) is 0 Å². The molecule has 0 aliphatic heterocycles. The number of fused-ring (bicyclic) bond motifs is 1. The third-order valence-corrected chi connectivity index (χ3v) is 4.76. The number of thiophene rings is 1. The first-order chi connectivity index (χ1) is 9.63. The summed E-state index contributed by atoms with van der Waals surface area (Å²) in [5, 5.41) is 7.04. The number of rotatable bonds is 3. The molecule has 1 atom stereocenters. The van der Waals surface area contributed by atoms with Gasteiger partial charge in [0.15, 0.2) is 0 Å². The number of hydrogen-bond acceptors (Lipinski definition) is 2. The molecule has 3 aromatic rings. The Morgan fingerprint density at radius 3 is 2.60 bits per heavy atom. The van der Waals surface area contributed by atoms with Crippen molar-refractivity contribution in [1.82, 2.24) is 0 Å². The Labute approximate surface area is 124 Å². The van der Waals surface area contributed by atoms with Crippen LogP contribution in [0.4, 0.5) is 5.69 Å². The van der Waals surface area contributed by atoms with Gasteiger partial charge in [0.2, 0.25) is 0 Å². The molecule has 0 amide bonds. The summed E-state index contributed by atoms with van der Waals surface area (Å²) in [4.78, 5) is 0. The first-order valence-corrected chi connectivity index (χ1v) is 7.82. The van der Waals surface area contributed by atoms with Crippen molar-refractivity contribution in [3.8, 4) is 0 Å². The Hall–Kier alpha value is -1.80. The van der Waals surface area contributed by atoms with Gasteiger partial charge in [0.05, 0.1) is 0 Å². The van der Waals surface area contributed by atoms with Gasteiger partial charge in [0.25, 0.3) is 0 Å². The SMILES string of the molecule is Cc1ccc(C(C)Nc2ccc3sccc3c2)cc1C. The highest BCUT2D eigenvalue weighted by Gasteiger charge is 2.07. The number of hydrogen-bond donors (Lipinski definition) is 1. The maximum Gasteiger partial charge on any atom is 0.0485 e. The Morgan fingerprint density at radius 1 is 0.950 bits per heavy atom. The number of nitrogens with one attached hydrogen (secondary N) is 1. The fraction of sp³-hybridized carbons (Fsp3) is 0.222. The van der Waals surface area contributed by atoms with Crippen molar-refractivity contribution < 1.29 is 0 Å². The number of anilines is 1. The van der Waals surface area contributed by atoms with Gasteiger partial charge in [-0.2, -0.15) is 0 Å². The summed E-state index contributed by atoms with van der Waals surface area (Å²) < 4.78 is 1.34. The van der Waals surface area contributed by atoms with E-state index >= 15 is 0 Å². The Morgan fingerprint density at radius 2 is 1.80 bits per heavy atom. The fourth-order valence-electron chi connectivity index (χ4n) is 2.42. The largest absolute Gasteiger partial charge is 0.379 e. The highest BCUT2D eigenvalue weighted by molar-refractivity contribution is 7.17. The van der Waals surface area contributed by atoms with Crippen molar-refractivity contribution in [2.75, 3.05) is 5.32 Å². The lowest BCUT2D eigenvalue weighted by molar-refractivity contribution is 0.882. The normalized spacial score (nSPS) is 12.6. The van der Waals surface area contributed by atoms with E-state index in [4.69, 9.17) is 0 Å². The smallest absolute Gasteiger partial charge is 0.0485 e. The molecule has 1 heterocycles. The molecular weight excluding hydrogens is 262 g/mol. The van der Waals surface area contributed by atoms with Gasteiger partial charge in [-0.3, -0.25) is 0 Å². The lowest BCUT2D eigenvalue weighted by Crippen LogP contribution is -2.06. The van der Waals surface area contributed by atoms with Crippen molar-refractivity contribution >= 4 is 27.1 Å². The topological polar surface area (TPSA) is 12.0 Å². The van der Waals surface area contributed by atoms with Crippen LogP contribution in [0.3, 0.4) is 0 Å². The zero-order valence-electron chi connectivity index (χ0n) is 12.1. The third-order valence-electron chi connectivity index (χ3n) is 3.87. The molecule has 0 aliphatic carbocycles. The maximum absolute atomic E-state index is 3.59. The van der Waals surface area contributed by atoms with Crippen LogP contribution in [0.2, 0.25) is 0 Å². The van der Waals surface area contributed by atoms with Crippen LogP contribution in [0.25, 0.3) is 10.1 Å². The van der Waals surface area contributed by atoms with E-state index in [-0.39, 0.29) is 0 Å². The minimum Gasteiger partial charge on any atom is -0.379 e. The van der Waals surface area contributed by atoms with Crippen LogP contribution in [0.15, 0.2) is 47.8 Å². The van der Waals surface area contributed by atoms with E-state index in [1.165, 1.54) is 32.5 Å². The fourth-order valence-corrected chi connectivity index (χ4v) is 3.19. The molecule has 2 heteroatoms. The van der Waals surface area contributed by atoms with Crippen molar-refractivity contribution in [3.05, 3.63) is 64.5 Å². The van der Waals surface area contributed by atoms with E-state index in [9.17, 15) is 0 Å². The molecule has 0 bridgehead atoms. The Bertz CT molecular complexity index is 742. The summed E-state index contributed by atoms with van der Waals surface area (Å²) in [7, 11) is 0. The summed E-state index contributed by atoms with van der Waals surface area (Å²) in [6, 6.07) is 15.7. The van der Waals surface area contributed by atoms with Gasteiger partial charge in [-0.15, -0.1) is 11.3 Å². The summed E-state index contributed by atoms with van der Waals surface area (Å²) >= 11 is 1.79. The lowest BCUT2D eigenvalue weighted by atomic mass is 10.0. The molecule has 3 rings (SSSR count). The predicted octanol–water partition coefficient (Wildman–Crippen LogP) is 5.69. The predicted molar refractivity (Wildman–Crippen MR) is 89.8 cm³/mol. The van der Waals surface area contributed by atoms with E-state index in [1.807, 2.05) is 0 Å². The van der Waals surface area contributed by atoms with Crippen molar-refractivity contribution in [2.24, 2.45) is 0 Å². The average Bonchev–Trinajstić information content (AvgIpc) is 2.89. The molecule has 0 saturated carbocycles. The van der Waals surface area contributed by atoms with Gasteiger partial charge in [0.1, 0.15) is 0 Å². The van der Waals surface area contributed by atoms with E-state index < -0.39 is 0 Å². The van der Waals surface area contributed by atoms with E-state index in [2.05, 4.69) is 73.9 Å². The number of aryl methyl sites for hydroxylation is 2. The second-order valence-electron chi connectivity index (χ2n) is 5.38. The Kier molecular flexibility index (Phi) is 3.49. The standard InChI is InChI=1S/C18H19NS/c1-12-4-5-15(10-13(12)2)14(3)19-17-6-7-18-16(11-17)8-9-20-18/h4-11,14,19H,1-3H3.